The number of nitro benzene ring substituents is 1. The van der Waals surface area contributed by atoms with Crippen molar-refractivity contribution in [3.63, 3.8) is 0 Å². The lowest BCUT2D eigenvalue weighted by molar-refractivity contribution is -0.384. The van der Waals surface area contributed by atoms with Crippen LogP contribution in [0.2, 0.25) is 0 Å². The van der Waals surface area contributed by atoms with Gasteiger partial charge in [-0.1, -0.05) is 0 Å². The van der Waals surface area contributed by atoms with Crippen LogP contribution in [-0.2, 0) is 4.74 Å². The van der Waals surface area contributed by atoms with E-state index in [9.17, 15) is 24.8 Å². The zero-order valence-electron chi connectivity index (χ0n) is 12.3. The van der Waals surface area contributed by atoms with Crippen LogP contribution in [0.3, 0.4) is 0 Å². The summed E-state index contributed by atoms with van der Waals surface area (Å²) in [5.74, 6) is 0.379. The van der Waals surface area contributed by atoms with Gasteiger partial charge in [0.1, 0.15) is 6.61 Å². The number of carbonyl (C=O) groups is 2. The highest BCUT2D eigenvalue weighted by Gasteiger charge is 2.47. The summed E-state index contributed by atoms with van der Waals surface area (Å²) in [6.07, 6.45) is 0.757. The van der Waals surface area contributed by atoms with Crippen LogP contribution in [0.1, 0.15) is 23.2 Å². The van der Waals surface area contributed by atoms with Crippen molar-refractivity contribution in [2.75, 3.05) is 13.2 Å². The van der Waals surface area contributed by atoms with Crippen LogP contribution in [0.4, 0.5) is 10.5 Å². The molecule has 1 aliphatic carbocycles. The number of amides is 1. The molecule has 1 heterocycles. The van der Waals surface area contributed by atoms with Gasteiger partial charge >= 0.3 is 12.1 Å². The Labute approximate surface area is 131 Å². The Morgan fingerprint density at radius 1 is 1.26 bits per heavy atom. The lowest BCUT2D eigenvalue weighted by atomic mass is 10.0. The van der Waals surface area contributed by atoms with Crippen molar-refractivity contribution >= 4 is 17.7 Å². The number of hydrogen-bond acceptors (Lipinski definition) is 5. The fourth-order valence-corrected chi connectivity index (χ4v) is 3.07. The van der Waals surface area contributed by atoms with Crippen LogP contribution >= 0.6 is 0 Å². The van der Waals surface area contributed by atoms with Crippen molar-refractivity contribution < 1.29 is 24.4 Å². The number of nitro groups is 1. The highest BCUT2D eigenvalue weighted by atomic mass is 16.6. The number of fused-ring (bicyclic) bond motifs is 1. The standard InChI is InChI=1S/C15H16N2O6/c18-14(9-1-3-12(4-2-9)17(21)22)23-8-13-6-10-5-11(10)7-16(13)15(19)20/h1-4,10-11,13H,5-8H2,(H,19,20)/t10-,11?,13?/m1/s1. The molecule has 2 aliphatic rings. The second kappa shape index (κ2) is 5.86. The van der Waals surface area contributed by atoms with Crippen LogP contribution in [0, 0.1) is 22.0 Å². The number of piperidine rings is 1. The van der Waals surface area contributed by atoms with Crippen molar-refractivity contribution in [2.24, 2.45) is 11.8 Å². The molecule has 2 fully saturated rings. The number of nitrogens with zero attached hydrogens (tertiary/aromatic N) is 2. The van der Waals surface area contributed by atoms with Crippen molar-refractivity contribution in [1.82, 2.24) is 4.90 Å². The molecule has 2 unspecified atom stereocenters. The minimum atomic E-state index is -0.994. The van der Waals surface area contributed by atoms with Gasteiger partial charge < -0.3 is 14.7 Å². The third kappa shape index (κ3) is 3.25. The fourth-order valence-electron chi connectivity index (χ4n) is 3.07. The highest BCUT2D eigenvalue weighted by molar-refractivity contribution is 5.89. The number of non-ortho nitro benzene ring substituents is 1. The first kappa shape index (κ1) is 15.3. The molecular weight excluding hydrogens is 304 g/mol. The summed E-state index contributed by atoms with van der Waals surface area (Å²) in [5.41, 5.74) is 0.100. The number of benzene rings is 1. The number of esters is 1. The SMILES string of the molecule is O=C(OCC1C[C@H]2CC2CN1C(=O)O)c1ccc([N+](=O)[O-])cc1. The average Bonchev–Trinajstić information content (AvgIpc) is 3.29. The number of carboxylic acid groups (broad SMARTS) is 1. The lowest BCUT2D eigenvalue weighted by Gasteiger charge is -2.32. The normalized spacial score (nSPS) is 25.4. The maximum Gasteiger partial charge on any atom is 0.407 e. The summed E-state index contributed by atoms with van der Waals surface area (Å²) in [6, 6.07) is 4.80. The zero-order valence-corrected chi connectivity index (χ0v) is 12.3. The maximum atomic E-state index is 12.0. The molecule has 122 valence electrons. The third-order valence-electron chi connectivity index (χ3n) is 4.48. The molecule has 0 bridgehead atoms. The molecular formula is C15H16N2O6. The monoisotopic (exact) mass is 320 g/mol. The summed E-state index contributed by atoms with van der Waals surface area (Å²) >= 11 is 0. The van der Waals surface area contributed by atoms with Gasteiger partial charge in [-0.25, -0.2) is 9.59 Å². The number of rotatable bonds is 4. The number of hydrogen-bond donors (Lipinski definition) is 1. The molecule has 0 spiro atoms. The molecule has 1 aliphatic heterocycles. The maximum absolute atomic E-state index is 12.0. The quantitative estimate of drug-likeness (QED) is 0.517. The summed E-state index contributed by atoms with van der Waals surface area (Å²) in [7, 11) is 0. The van der Waals surface area contributed by atoms with E-state index in [0.29, 0.717) is 24.8 Å². The Hall–Kier alpha value is -2.64. The Morgan fingerprint density at radius 3 is 2.57 bits per heavy atom. The Bertz CT molecular complexity index is 644. The molecule has 3 rings (SSSR count). The zero-order chi connectivity index (χ0) is 16.6. The summed E-state index contributed by atoms with van der Waals surface area (Å²) in [6.45, 7) is 0.505. The highest BCUT2D eigenvalue weighted by Crippen LogP contribution is 2.47. The molecule has 1 aromatic carbocycles. The molecule has 1 amide bonds. The lowest BCUT2D eigenvalue weighted by Crippen LogP contribution is -2.46. The van der Waals surface area contributed by atoms with Crippen LogP contribution in [-0.4, -0.2) is 46.2 Å². The van der Waals surface area contributed by atoms with Gasteiger partial charge in [0.2, 0.25) is 0 Å². The summed E-state index contributed by atoms with van der Waals surface area (Å²) in [5, 5.41) is 19.8. The third-order valence-corrected chi connectivity index (χ3v) is 4.48. The predicted octanol–water partition coefficient (Wildman–Crippen LogP) is 2.14. The largest absolute Gasteiger partial charge is 0.465 e. The molecule has 3 atom stereocenters. The average molecular weight is 320 g/mol. The predicted molar refractivity (Wildman–Crippen MR) is 78.1 cm³/mol. The summed E-state index contributed by atoms with van der Waals surface area (Å²) < 4.78 is 5.20. The van der Waals surface area contributed by atoms with E-state index in [4.69, 9.17) is 4.74 Å². The van der Waals surface area contributed by atoms with Crippen molar-refractivity contribution in [2.45, 2.75) is 18.9 Å². The molecule has 8 heteroatoms. The van der Waals surface area contributed by atoms with E-state index in [-0.39, 0.29) is 23.9 Å². The van der Waals surface area contributed by atoms with E-state index in [1.807, 2.05) is 0 Å². The number of carbonyl (C=O) groups excluding carboxylic acids is 1. The van der Waals surface area contributed by atoms with Crippen LogP contribution in [0.15, 0.2) is 24.3 Å². The molecule has 1 aromatic rings. The molecule has 8 nitrogen and oxygen atoms in total. The smallest absolute Gasteiger partial charge is 0.407 e. The van der Waals surface area contributed by atoms with Gasteiger partial charge in [0.15, 0.2) is 0 Å². The number of likely N-dealkylation sites (tertiary alicyclic amines) is 1. The number of ether oxygens (including phenoxy) is 1. The molecule has 0 radical (unpaired) electrons. The van der Waals surface area contributed by atoms with Crippen LogP contribution in [0.25, 0.3) is 0 Å². The van der Waals surface area contributed by atoms with Gasteiger partial charge in [0, 0.05) is 18.7 Å². The van der Waals surface area contributed by atoms with E-state index < -0.39 is 17.0 Å². The van der Waals surface area contributed by atoms with Gasteiger partial charge in [0.25, 0.3) is 5.69 Å². The van der Waals surface area contributed by atoms with E-state index in [1.54, 1.807) is 0 Å². The first-order valence-corrected chi connectivity index (χ1v) is 7.37. The first-order valence-electron chi connectivity index (χ1n) is 7.37. The van der Waals surface area contributed by atoms with Crippen LogP contribution < -0.4 is 0 Å². The van der Waals surface area contributed by atoms with Gasteiger partial charge in [-0.15, -0.1) is 0 Å². The van der Waals surface area contributed by atoms with Crippen molar-refractivity contribution in [3.05, 3.63) is 39.9 Å². The molecule has 0 aromatic heterocycles. The first-order chi connectivity index (χ1) is 11.0. The van der Waals surface area contributed by atoms with Crippen LogP contribution in [0.5, 0.6) is 0 Å². The van der Waals surface area contributed by atoms with Crippen molar-refractivity contribution in [3.8, 4) is 0 Å². The molecule has 23 heavy (non-hydrogen) atoms. The topological polar surface area (TPSA) is 110 Å². The van der Waals surface area contributed by atoms with Crippen molar-refractivity contribution in [1.29, 1.82) is 0 Å². The minimum absolute atomic E-state index is 0.00530. The molecule has 1 saturated carbocycles. The van der Waals surface area contributed by atoms with Gasteiger partial charge in [0.05, 0.1) is 16.5 Å². The molecule has 1 saturated heterocycles. The summed E-state index contributed by atoms with van der Waals surface area (Å²) in [4.78, 5) is 34.6. The second-order valence-corrected chi connectivity index (χ2v) is 5.98. The van der Waals surface area contributed by atoms with E-state index in [2.05, 4.69) is 0 Å². The van der Waals surface area contributed by atoms with Gasteiger partial charge in [-0.2, -0.15) is 0 Å². The van der Waals surface area contributed by atoms with E-state index in [0.717, 1.165) is 6.42 Å². The Balaban J connectivity index is 1.59. The van der Waals surface area contributed by atoms with Gasteiger partial charge in [-0.05, 0) is 36.8 Å². The van der Waals surface area contributed by atoms with E-state index in [1.165, 1.54) is 29.2 Å². The fraction of sp³-hybridized carbons (Fsp3) is 0.467. The Morgan fingerprint density at radius 2 is 1.96 bits per heavy atom. The molecule has 1 N–H and O–H groups in total. The van der Waals surface area contributed by atoms with E-state index >= 15 is 0 Å². The van der Waals surface area contributed by atoms with Gasteiger partial charge in [-0.3, -0.25) is 10.1 Å². The second-order valence-electron chi connectivity index (χ2n) is 5.98. The minimum Gasteiger partial charge on any atom is -0.465 e. The Kier molecular flexibility index (Phi) is 3.89.